The van der Waals surface area contributed by atoms with E-state index < -0.39 is 0 Å². The molecule has 1 saturated carbocycles. The van der Waals surface area contributed by atoms with Gasteiger partial charge in [0, 0.05) is 19.2 Å². The lowest BCUT2D eigenvalue weighted by Gasteiger charge is -2.09. The molecule has 1 fully saturated rings. The van der Waals surface area contributed by atoms with E-state index in [-0.39, 0.29) is 0 Å². The van der Waals surface area contributed by atoms with E-state index in [2.05, 4.69) is 34.4 Å². The van der Waals surface area contributed by atoms with Gasteiger partial charge in [0.1, 0.15) is 11.6 Å². The van der Waals surface area contributed by atoms with Crippen LogP contribution in [0.2, 0.25) is 0 Å². The molecule has 1 heterocycles. The van der Waals surface area contributed by atoms with Crippen LogP contribution in [0.3, 0.4) is 0 Å². The third-order valence-electron chi connectivity index (χ3n) is 3.35. The molecule has 0 radical (unpaired) electrons. The molecule has 1 atom stereocenters. The molecule has 1 aliphatic carbocycles. The zero-order valence-corrected chi connectivity index (χ0v) is 10.7. The fourth-order valence-corrected chi connectivity index (χ4v) is 1.98. The summed E-state index contributed by atoms with van der Waals surface area (Å²) in [5, 5.41) is 6.47. The quantitative estimate of drug-likeness (QED) is 0.727. The zero-order valence-electron chi connectivity index (χ0n) is 10.7. The number of nitrogens with one attached hydrogen (secondary N) is 2. The van der Waals surface area contributed by atoms with E-state index in [0.717, 1.165) is 30.6 Å². The van der Waals surface area contributed by atoms with E-state index in [4.69, 9.17) is 5.73 Å². The molecule has 4 N–H and O–H groups in total. The Hall–Kier alpha value is -1.52. The minimum Gasteiger partial charge on any atom is -0.370 e. The van der Waals surface area contributed by atoms with Crippen molar-refractivity contribution < 1.29 is 0 Å². The average molecular weight is 235 g/mol. The SMILES string of the molecule is CCNc1cc(NCC2CC2(C)C)nc(N)n1. The minimum atomic E-state index is 0.306. The molecule has 1 unspecified atom stereocenters. The molecule has 0 aliphatic heterocycles. The first-order valence-electron chi connectivity index (χ1n) is 6.13. The number of aromatic nitrogens is 2. The zero-order chi connectivity index (χ0) is 12.5. The first kappa shape index (κ1) is 12.0. The Labute approximate surface area is 102 Å². The highest BCUT2D eigenvalue weighted by Crippen LogP contribution is 2.51. The van der Waals surface area contributed by atoms with Gasteiger partial charge < -0.3 is 16.4 Å². The number of anilines is 3. The molecule has 0 aromatic carbocycles. The van der Waals surface area contributed by atoms with Crippen molar-refractivity contribution in [2.75, 3.05) is 29.5 Å². The van der Waals surface area contributed by atoms with Crippen LogP contribution in [0.4, 0.5) is 17.6 Å². The monoisotopic (exact) mass is 235 g/mol. The molecular formula is C12H21N5. The smallest absolute Gasteiger partial charge is 0.223 e. The topological polar surface area (TPSA) is 75.9 Å². The predicted octanol–water partition coefficient (Wildman–Crippen LogP) is 1.95. The number of rotatable bonds is 5. The van der Waals surface area contributed by atoms with Crippen LogP contribution in [0, 0.1) is 11.3 Å². The number of nitrogen functional groups attached to an aromatic ring is 1. The van der Waals surface area contributed by atoms with Crippen molar-refractivity contribution in [3.8, 4) is 0 Å². The number of nitrogens with zero attached hydrogens (tertiary/aromatic N) is 2. The van der Waals surface area contributed by atoms with Gasteiger partial charge in [-0.2, -0.15) is 9.97 Å². The van der Waals surface area contributed by atoms with Gasteiger partial charge >= 0.3 is 0 Å². The third kappa shape index (κ3) is 2.99. The molecule has 0 bridgehead atoms. The largest absolute Gasteiger partial charge is 0.370 e. The van der Waals surface area contributed by atoms with Crippen LogP contribution in [0.25, 0.3) is 0 Å². The highest BCUT2D eigenvalue weighted by Gasteiger charge is 2.44. The van der Waals surface area contributed by atoms with Crippen molar-refractivity contribution in [1.29, 1.82) is 0 Å². The Bertz CT molecular complexity index is 402. The normalized spacial score (nSPS) is 21.0. The Morgan fingerprint density at radius 2 is 1.94 bits per heavy atom. The summed E-state index contributed by atoms with van der Waals surface area (Å²) in [6.07, 6.45) is 1.28. The standard InChI is InChI=1S/C12H21N5/c1-4-14-9-5-10(17-11(13)16-9)15-7-8-6-12(8,2)3/h5,8H,4,6-7H2,1-3H3,(H4,13,14,15,16,17). The van der Waals surface area contributed by atoms with Crippen molar-refractivity contribution in [2.24, 2.45) is 11.3 Å². The molecule has 0 spiro atoms. The van der Waals surface area contributed by atoms with E-state index in [1.54, 1.807) is 0 Å². The molecule has 94 valence electrons. The Morgan fingerprint density at radius 1 is 1.35 bits per heavy atom. The van der Waals surface area contributed by atoms with Gasteiger partial charge in [0.2, 0.25) is 5.95 Å². The highest BCUT2D eigenvalue weighted by molar-refractivity contribution is 5.51. The molecule has 0 saturated heterocycles. The second-order valence-electron chi connectivity index (χ2n) is 5.30. The molecule has 1 aromatic heterocycles. The minimum absolute atomic E-state index is 0.306. The Morgan fingerprint density at radius 3 is 2.47 bits per heavy atom. The second-order valence-corrected chi connectivity index (χ2v) is 5.30. The summed E-state index contributed by atoms with van der Waals surface area (Å²) in [6.45, 7) is 8.38. The van der Waals surface area contributed by atoms with Crippen LogP contribution in [-0.4, -0.2) is 23.1 Å². The van der Waals surface area contributed by atoms with Gasteiger partial charge in [-0.3, -0.25) is 0 Å². The lowest BCUT2D eigenvalue weighted by atomic mass is 10.1. The van der Waals surface area contributed by atoms with Crippen LogP contribution in [0.15, 0.2) is 6.07 Å². The van der Waals surface area contributed by atoms with Crippen LogP contribution in [-0.2, 0) is 0 Å². The lowest BCUT2D eigenvalue weighted by molar-refractivity contribution is 0.573. The van der Waals surface area contributed by atoms with E-state index in [1.165, 1.54) is 6.42 Å². The Kier molecular flexibility index (Phi) is 3.09. The summed E-state index contributed by atoms with van der Waals surface area (Å²) in [5.41, 5.74) is 6.14. The molecule has 2 rings (SSSR count). The number of hydrogen-bond acceptors (Lipinski definition) is 5. The molecule has 1 aliphatic rings. The van der Waals surface area contributed by atoms with Gasteiger partial charge in [-0.1, -0.05) is 13.8 Å². The highest BCUT2D eigenvalue weighted by atomic mass is 15.1. The summed E-state index contributed by atoms with van der Waals surface area (Å²) in [6, 6.07) is 1.90. The van der Waals surface area contributed by atoms with Crippen molar-refractivity contribution in [3.05, 3.63) is 6.07 Å². The first-order valence-corrected chi connectivity index (χ1v) is 6.13. The summed E-state index contributed by atoms with van der Waals surface area (Å²) in [7, 11) is 0. The van der Waals surface area contributed by atoms with E-state index in [0.29, 0.717) is 11.4 Å². The van der Waals surface area contributed by atoms with Gasteiger partial charge in [0.05, 0.1) is 0 Å². The number of nitrogens with two attached hydrogens (primary N) is 1. The fraction of sp³-hybridized carbons (Fsp3) is 0.667. The molecule has 1 aromatic rings. The predicted molar refractivity (Wildman–Crippen MR) is 71.0 cm³/mol. The second kappa shape index (κ2) is 4.39. The van der Waals surface area contributed by atoms with E-state index in [9.17, 15) is 0 Å². The number of hydrogen-bond donors (Lipinski definition) is 3. The van der Waals surface area contributed by atoms with Gasteiger partial charge in [-0.05, 0) is 24.7 Å². The molecule has 0 amide bonds. The van der Waals surface area contributed by atoms with Gasteiger partial charge in [0.25, 0.3) is 0 Å². The van der Waals surface area contributed by atoms with Crippen LogP contribution >= 0.6 is 0 Å². The van der Waals surface area contributed by atoms with Crippen LogP contribution < -0.4 is 16.4 Å². The summed E-state index contributed by atoms with van der Waals surface area (Å²) >= 11 is 0. The maximum absolute atomic E-state index is 5.66. The molecule has 5 heteroatoms. The Balaban J connectivity index is 1.96. The van der Waals surface area contributed by atoms with Crippen molar-refractivity contribution in [3.63, 3.8) is 0 Å². The van der Waals surface area contributed by atoms with Crippen LogP contribution in [0.5, 0.6) is 0 Å². The van der Waals surface area contributed by atoms with E-state index in [1.807, 2.05) is 13.0 Å². The third-order valence-corrected chi connectivity index (χ3v) is 3.35. The summed E-state index contributed by atoms with van der Waals surface area (Å²) < 4.78 is 0. The van der Waals surface area contributed by atoms with Crippen molar-refractivity contribution in [2.45, 2.75) is 27.2 Å². The lowest BCUT2D eigenvalue weighted by Crippen LogP contribution is -2.11. The van der Waals surface area contributed by atoms with E-state index >= 15 is 0 Å². The summed E-state index contributed by atoms with van der Waals surface area (Å²) in [5.74, 6) is 2.62. The van der Waals surface area contributed by atoms with Crippen LogP contribution in [0.1, 0.15) is 27.2 Å². The summed E-state index contributed by atoms with van der Waals surface area (Å²) in [4.78, 5) is 8.29. The average Bonchev–Trinajstić information content (AvgIpc) is 2.83. The maximum Gasteiger partial charge on any atom is 0.223 e. The van der Waals surface area contributed by atoms with Crippen molar-refractivity contribution >= 4 is 17.6 Å². The van der Waals surface area contributed by atoms with Gasteiger partial charge in [0.15, 0.2) is 0 Å². The maximum atomic E-state index is 5.66. The first-order chi connectivity index (χ1) is 8.01. The molecule has 5 nitrogen and oxygen atoms in total. The molecule has 17 heavy (non-hydrogen) atoms. The van der Waals surface area contributed by atoms with Crippen molar-refractivity contribution in [1.82, 2.24) is 9.97 Å². The van der Waals surface area contributed by atoms with Gasteiger partial charge in [-0.25, -0.2) is 0 Å². The fourth-order valence-electron chi connectivity index (χ4n) is 1.98. The van der Waals surface area contributed by atoms with Gasteiger partial charge in [-0.15, -0.1) is 0 Å². The molecular weight excluding hydrogens is 214 g/mol.